The zero-order valence-electron chi connectivity index (χ0n) is 13.5. The van der Waals surface area contributed by atoms with Crippen molar-refractivity contribution in [1.82, 2.24) is 0 Å². The van der Waals surface area contributed by atoms with E-state index in [4.69, 9.17) is 23.7 Å². The van der Waals surface area contributed by atoms with Gasteiger partial charge >= 0.3 is 0 Å². The van der Waals surface area contributed by atoms with Crippen LogP contribution in [-0.4, -0.2) is 28.4 Å². The first-order valence-corrected chi connectivity index (χ1v) is 7.09. The molecule has 0 atom stereocenters. The monoisotopic (exact) mass is 314 g/mol. The molecule has 0 aliphatic carbocycles. The van der Waals surface area contributed by atoms with Gasteiger partial charge < -0.3 is 23.7 Å². The number of rotatable bonds is 4. The number of fused-ring (bicyclic) bond motifs is 2. The first-order valence-electron chi connectivity index (χ1n) is 7.09. The van der Waals surface area contributed by atoms with Crippen molar-refractivity contribution in [3.8, 4) is 28.7 Å². The molecule has 23 heavy (non-hydrogen) atoms. The van der Waals surface area contributed by atoms with Gasteiger partial charge in [0.15, 0.2) is 11.5 Å². The number of methoxy groups -OCH3 is 4. The van der Waals surface area contributed by atoms with E-state index < -0.39 is 0 Å². The normalized spacial score (nSPS) is 12.1. The van der Waals surface area contributed by atoms with E-state index in [0.717, 1.165) is 5.56 Å². The van der Waals surface area contributed by atoms with Gasteiger partial charge in [0.1, 0.15) is 22.8 Å². The zero-order chi connectivity index (χ0) is 16.4. The quantitative estimate of drug-likeness (QED) is 0.854. The number of hydrogen-bond acceptors (Lipinski definition) is 5. The van der Waals surface area contributed by atoms with Crippen LogP contribution in [0.4, 0.5) is 0 Å². The first-order chi connectivity index (χ1) is 11.2. The first kappa shape index (κ1) is 15.1. The molecule has 1 aliphatic rings. The smallest absolute Gasteiger partial charge is 0.205 e. The minimum atomic E-state index is 0.489. The number of benzene rings is 2. The van der Waals surface area contributed by atoms with Crippen molar-refractivity contribution >= 4 is 11.8 Å². The fraction of sp³-hybridized carbons (Fsp3) is 0.222. The van der Waals surface area contributed by atoms with Crippen LogP contribution in [0.5, 0.6) is 28.7 Å². The molecule has 2 aromatic carbocycles. The Hall–Kier alpha value is -2.82. The Labute approximate surface area is 135 Å². The fourth-order valence-corrected chi connectivity index (χ4v) is 2.61. The van der Waals surface area contributed by atoms with Gasteiger partial charge in [-0.2, -0.15) is 0 Å². The van der Waals surface area contributed by atoms with Crippen molar-refractivity contribution in [1.29, 1.82) is 0 Å². The summed E-state index contributed by atoms with van der Waals surface area (Å²) >= 11 is 0. The Morgan fingerprint density at radius 1 is 0.826 bits per heavy atom. The van der Waals surface area contributed by atoms with Gasteiger partial charge in [-0.1, -0.05) is 18.2 Å². The third-order valence-corrected chi connectivity index (χ3v) is 3.69. The second-order valence-corrected chi connectivity index (χ2v) is 4.87. The van der Waals surface area contributed by atoms with Crippen LogP contribution < -0.4 is 18.9 Å². The van der Waals surface area contributed by atoms with Gasteiger partial charge in [-0.15, -0.1) is 0 Å². The molecule has 0 radical (unpaired) electrons. The second kappa shape index (κ2) is 6.12. The Kier molecular flexibility index (Phi) is 4.02. The molecule has 0 saturated heterocycles. The number of para-hydroxylation sites is 1. The van der Waals surface area contributed by atoms with Crippen molar-refractivity contribution in [2.45, 2.75) is 0 Å². The number of hydrogen-bond donors (Lipinski definition) is 0. The lowest BCUT2D eigenvalue weighted by atomic mass is 10.1. The molecule has 0 saturated carbocycles. The van der Waals surface area contributed by atoms with Crippen LogP contribution in [0.15, 0.2) is 30.3 Å². The van der Waals surface area contributed by atoms with E-state index in [-0.39, 0.29) is 0 Å². The highest BCUT2D eigenvalue weighted by Gasteiger charge is 2.28. The maximum absolute atomic E-state index is 6.12. The third-order valence-electron chi connectivity index (χ3n) is 3.69. The highest BCUT2D eigenvalue weighted by atomic mass is 16.5. The molecule has 5 nitrogen and oxygen atoms in total. The van der Waals surface area contributed by atoms with Crippen LogP contribution >= 0.6 is 0 Å². The van der Waals surface area contributed by atoms with Crippen LogP contribution in [0.3, 0.4) is 0 Å². The summed E-state index contributed by atoms with van der Waals surface area (Å²) in [4.78, 5) is 0. The van der Waals surface area contributed by atoms with Crippen molar-refractivity contribution in [2.24, 2.45) is 0 Å². The van der Waals surface area contributed by atoms with Crippen LogP contribution in [0.2, 0.25) is 0 Å². The summed E-state index contributed by atoms with van der Waals surface area (Å²) in [5, 5.41) is 0. The Bertz CT molecular complexity index is 764. The fourth-order valence-electron chi connectivity index (χ4n) is 2.61. The van der Waals surface area contributed by atoms with Crippen molar-refractivity contribution < 1.29 is 23.7 Å². The van der Waals surface area contributed by atoms with Crippen LogP contribution in [0.25, 0.3) is 11.8 Å². The highest BCUT2D eigenvalue weighted by Crippen LogP contribution is 2.51. The van der Waals surface area contributed by atoms with Crippen LogP contribution in [-0.2, 0) is 4.74 Å². The largest absolute Gasteiger partial charge is 0.496 e. The summed E-state index contributed by atoms with van der Waals surface area (Å²) in [5.41, 5.74) is 1.59. The molecule has 1 aliphatic heterocycles. The Balaban J connectivity index is 2.36. The lowest BCUT2D eigenvalue weighted by Crippen LogP contribution is -2.01. The lowest BCUT2D eigenvalue weighted by molar-refractivity contribution is 0.324. The number of ether oxygens (including phenoxy) is 5. The Morgan fingerprint density at radius 3 is 2.22 bits per heavy atom. The van der Waals surface area contributed by atoms with Gasteiger partial charge in [0.05, 0.1) is 28.4 Å². The molecule has 0 unspecified atom stereocenters. The van der Waals surface area contributed by atoms with Gasteiger partial charge in [-0.25, -0.2) is 0 Å². The molecule has 0 fully saturated rings. The zero-order valence-corrected chi connectivity index (χ0v) is 13.5. The van der Waals surface area contributed by atoms with Gasteiger partial charge in [-0.05, 0) is 12.1 Å². The molecule has 5 heteroatoms. The predicted octanol–water partition coefficient (Wildman–Crippen LogP) is 3.96. The van der Waals surface area contributed by atoms with Gasteiger partial charge in [0.2, 0.25) is 5.75 Å². The summed E-state index contributed by atoms with van der Waals surface area (Å²) in [6, 6.07) is 9.45. The lowest BCUT2D eigenvalue weighted by Gasteiger charge is -2.19. The summed E-state index contributed by atoms with van der Waals surface area (Å²) in [6.45, 7) is 0. The standard InChI is InChI=1S/C18H18O5/c1-19-13-9-11-7-5-6-8-12(11)23-18-16(13)14(20-2)10-15(21-3)17(18)22-4/h5-10H,1-4H3. The average Bonchev–Trinajstić information content (AvgIpc) is 2.76. The SMILES string of the molecule is COC1=Cc2ccccc2Oc2c(OC)c(OC)cc(OC)c21. The molecule has 2 aromatic rings. The molecule has 0 aromatic heterocycles. The van der Waals surface area contributed by atoms with Gasteiger partial charge in [-0.3, -0.25) is 0 Å². The summed E-state index contributed by atoms with van der Waals surface area (Å²) in [7, 11) is 6.34. The van der Waals surface area contributed by atoms with E-state index in [1.54, 1.807) is 34.5 Å². The molecule has 0 spiro atoms. The van der Waals surface area contributed by atoms with E-state index in [0.29, 0.717) is 40.1 Å². The van der Waals surface area contributed by atoms with E-state index >= 15 is 0 Å². The highest BCUT2D eigenvalue weighted by molar-refractivity contribution is 5.88. The van der Waals surface area contributed by atoms with Crippen LogP contribution in [0.1, 0.15) is 11.1 Å². The van der Waals surface area contributed by atoms with Gasteiger partial charge in [0.25, 0.3) is 0 Å². The van der Waals surface area contributed by atoms with Crippen LogP contribution in [0, 0.1) is 0 Å². The second-order valence-electron chi connectivity index (χ2n) is 4.87. The molecular formula is C18H18O5. The van der Waals surface area contributed by atoms with Gasteiger partial charge in [0, 0.05) is 11.6 Å². The molecule has 1 heterocycles. The molecule has 0 N–H and O–H groups in total. The van der Waals surface area contributed by atoms with E-state index in [1.165, 1.54) is 0 Å². The maximum Gasteiger partial charge on any atom is 0.205 e. The van der Waals surface area contributed by atoms with E-state index in [9.17, 15) is 0 Å². The molecule has 3 rings (SSSR count). The average molecular weight is 314 g/mol. The predicted molar refractivity (Wildman–Crippen MR) is 87.5 cm³/mol. The minimum absolute atomic E-state index is 0.489. The maximum atomic E-state index is 6.12. The third kappa shape index (κ3) is 2.44. The molecule has 120 valence electrons. The minimum Gasteiger partial charge on any atom is -0.496 e. The Morgan fingerprint density at radius 2 is 1.57 bits per heavy atom. The van der Waals surface area contributed by atoms with Crippen molar-refractivity contribution in [3.05, 3.63) is 41.5 Å². The molecule has 0 amide bonds. The summed E-state index contributed by atoms with van der Waals surface area (Å²) in [6.07, 6.45) is 1.91. The summed E-state index contributed by atoms with van der Waals surface area (Å²) < 4.78 is 28.1. The summed E-state index contributed by atoms with van der Waals surface area (Å²) in [5.74, 6) is 3.43. The van der Waals surface area contributed by atoms with E-state index in [2.05, 4.69) is 0 Å². The van der Waals surface area contributed by atoms with E-state index in [1.807, 2.05) is 30.3 Å². The molecule has 0 bridgehead atoms. The topological polar surface area (TPSA) is 46.2 Å². The van der Waals surface area contributed by atoms with Crippen molar-refractivity contribution in [2.75, 3.05) is 28.4 Å². The van der Waals surface area contributed by atoms with Crippen molar-refractivity contribution in [3.63, 3.8) is 0 Å². The molecular weight excluding hydrogens is 296 g/mol.